The second-order valence-corrected chi connectivity index (χ2v) is 5.52. The minimum absolute atomic E-state index is 0.205. The van der Waals surface area contributed by atoms with Gasteiger partial charge in [0, 0.05) is 5.92 Å². The SMILES string of the molecule is CCC1(O)CN(C(=O)C2CC2(C)C)C1. The number of carbonyl (C=O) groups excluding carboxylic acids is 1. The summed E-state index contributed by atoms with van der Waals surface area (Å²) in [5.74, 6) is 0.456. The molecule has 3 nitrogen and oxygen atoms in total. The molecule has 1 saturated heterocycles. The van der Waals surface area contributed by atoms with E-state index in [1.165, 1.54) is 0 Å². The van der Waals surface area contributed by atoms with Gasteiger partial charge in [-0.25, -0.2) is 0 Å². The number of carbonyl (C=O) groups is 1. The van der Waals surface area contributed by atoms with E-state index < -0.39 is 5.60 Å². The van der Waals surface area contributed by atoms with Gasteiger partial charge in [-0.2, -0.15) is 0 Å². The van der Waals surface area contributed by atoms with E-state index >= 15 is 0 Å². The van der Waals surface area contributed by atoms with E-state index in [-0.39, 0.29) is 17.2 Å². The molecule has 80 valence electrons. The summed E-state index contributed by atoms with van der Waals surface area (Å²) in [5, 5.41) is 9.78. The van der Waals surface area contributed by atoms with Crippen molar-refractivity contribution >= 4 is 5.91 Å². The predicted octanol–water partition coefficient (Wildman–Crippen LogP) is 1.02. The number of nitrogens with zero attached hydrogens (tertiary/aromatic N) is 1. The van der Waals surface area contributed by atoms with Crippen molar-refractivity contribution in [2.45, 2.75) is 39.2 Å². The van der Waals surface area contributed by atoms with Crippen LogP contribution in [0.4, 0.5) is 0 Å². The lowest BCUT2D eigenvalue weighted by atomic mass is 9.90. The molecule has 0 bridgehead atoms. The largest absolute Gasteiger partial charge is 0.386 e. The Morgan fingerprint density at radius 1 is 1.50 bits per heavy atom. The molecule has 2 rings (SSSR count). The monoisotopic (exact) mass is 197 g/mol. The van der Waals surface area contributed by atoms with E-state index in [0.717, 1.165) is 12.8 Å². The summed E-state index contributed by atoms with van der Waals surface area (Å²) in [6.07, 6.45) is 1.75. The van der Waals surface area contributed by atoms with Crippen LogP contribution < -0.4 is 0 Å². The molecule has 1 aliphatic carbocycles. The van der Waals surface area contributed by atoms with Gasteiger partial charge in [-0.05, 0) is 18.3 Å². The molecule has 1 saturated carbocycles. The van der Waals surface area contributed by atoms with E-state index in [1.54, 1.807) is 4.90 Å². The van der Waals surface area contributed by atoms with Crippen molar-refractivity contribution in [1.29, 1.82) is 0 Å². The molecule has 0 radical (unpaired) electrons. The Labute approximate surface area is 85.1 Å². The number of aliphatic hydroxyl groups is 1. The fourth-order valence-electron chi connectivity index (χ4n) is 2.15. The lowest BCUT2D eigenvalue weighted by Crippen LogP contribution is -2.63. The van der Waals surface area contributed by atoms with E-state index in [9.17, 15) is 9.90 Å². The lowest BCUT2D eigenvalue weighted by molar-refractivity contribution is -0.157. The summed E-state index contributed by atoms with van der Waals surface area (Å²) in [4.78, 5) is 13.6. The zero-order valence-corrected chi connectivity index (χ0v) is 9.21. The summed E-state index contributed by atoms with van der Waals surface area (Å²) in [7, 11) is 0. The summed E-state index contributed by atoms with van der Waals surface area (Å²) in [6, 6.07) is 0. The third-order valence-corrected chi connectivity index (χ3v) is 3.75. The van der Waals surface area contributed by atoms with Crippen LogP contribution in [0.25, 0.3) is 0 Å². The van der Waals surface area contributed by atoms with E-state index in [2.05, 4.69) is 13.8 Å². The van der Waals surface area contributed by atoms with E-state index in [4.69, 9.17) is 0 Å². The number of hydrogen-bond donors (Lipinski definition) is 1. The smallest absolute Gasteiger partial charge is 0.226 e. The van der Waals surface area contributed by atoms with Crippen molar-refractivity contribution in [2.75, 3.05) is 13.1 Å². The second-order valence-electron chi connectivity index (χ2n) is 5.52. The summed E-state index contributed by atoms with van der Waals surface area (Å²) >= 11 is 0. The van der Waals surface area contributed by atoms with Gasteiger partial charge in [0.05, 0.1) is 18.7 Å². The molecule has 2 aliphatic rings. The van der Waals surface area contributed by atoms with Crippen molar-refractivity contribution < 1.29 is 9.90 Å². The van der Waals surface area contributed by atoms with Gasteiger partial charge in [-0.1, -0.05) is 20.8 Å². The summed E-state index contributed by atoms with van der Waals surface area (Å²) in [6.45, 7) is 7.29. The van der Waals surface area contributed by atoms with Crippen LogP contribution in [0, 0.1) is 11.3 Å². The second kappa shape index (κ2) is 2.72. The van der Waals surface area contributed by atoms with Crippen LogP contribution in [-0.2, 0) is 4.79 Å². The van der Waals surface area contributed by atoms with Crippen molar-refractivity contribution in [3.63, 3.8) is 0 Å². The molecule has 3 heteroatoms. The fraction of sp³-hybridized carbons (Fsp3) is 0.909. The van der Waals surface area contributed by atoms with E-state index in [1.807, 2.05) is 6.92 Å². The Bertz CT molecular complexity index is 266. The number of hydrogen-bond acceptors (Lipinski definition) is 2. The van der Waals surface area contributed by atoms with Crippen LogP contribution in [-0.4, -0.2) is 34.6 Å². The highest BCUT2D eigenvalue weighted by Crippen LogP contribution is 2.53. The molecule has 1 N–H and O–H groups in total. The zero-order valence-electron chi connectivity index (χ0n) is 9.21. The van der Waals surface area contributed by atoms with Crippen molar-refractivity contribution in [2.24, 2.45) is 11.3 Å². The number of β-amino-alcohol motifs (C(OH)–C–C–N with tert-alkyl or cyclic N) is 1. The molecule has 1 heterocycles. The molecule has 14 heavy (non-hydrogen) atoms. The third-order valence-electron chi connectivity index (χ3n) is 3.75. The van der Waals surface area contributed by atoms with Crippen LogP contribution >= 0.6 is 0 Å². The first-order valence-electron chi connectivity index (χ1n) is 5.39. The molecule has 1 amide bonds. The molecule has 0 aromatic carbocycles. The average Bonchev–Trinajstić information content (AvgIpc) is 2.68. The van der Waals surface area contributed by atoms with Crippen molar-refractivity contribution in [1.82, 2.24) is 4.90 Å². The molecule has 1 aliphatic heterocycles. The maximum absolute atomic E-state index is 11.8. The van der Waals surface area contributed by atoms with Gasteiger partial charge in [0.2, 0.25) is 5.91 Å². The first kappa shape index (κ1) is 9.97. The zero-order chi connectivity index (χ0) is 10.6. The minimum Gasteiger partial charge on any atom is -0.386 e. The summed E-state index contributed by atoms with van der Waals surface area (Å²) < 4.78 is 0. The molecule has 0 spiro atoms. The van der Waals surface area contributed by atoms with Gasteiger partial charge in [-0.15, -0.1) is 0 Å². The summed E-state index contributed by atoms with van der Waals surface area (Å²) in [5.41, 5.74) is -0.383. The number of rotatable bonds is 2. The van der Waals surface area contributed by atoms with Gasteiger partial charge in [-0.3, -0.25) is 4.79 Å². The van der Waals surface area contributed by atoms with Crippen LogP contribution in [0.15, 0.2) is 0 Å². The lowest BCUT2D eigenvalue weighted by Gasteiger charge is -2.46. The Kier molecular flexibility index (Phi) is 1.94. The van der Waals surface area contributed by atoms with E-state index in [0.29, 0.717) is 13.1 Å². The Hall–Kier alpha value is -0.570. The number of likely N-dealkylation sites (tertiary alicyclic amines) is 1. The highest BCUT2D eigenvalue weighted by molar-refractivity contribution is 5.83. The fourth-order valence-corrected chi connectivity index (χ4v) is 2.15. The van der Waals surface area contributed by atoms with Gasteiger partial charge in [0.1, 0.15) is 0 Å². The van der Waals surface area contributed by atoms with Crippen molar-refractivity contribution in [3.8, 4) is 0 Å². The molecular formula is C11H19NO2. The standard InChI is InChI=1S/C11H19NO2/c1-4-11(14)6-12(7-11)9(13)8-5-10(8,2)3/h8,14H,4-7H2,1-3H3. The first-order valence-corrected chi connectivity index (χ1v) is 5.39. The minimum atomic E-state index is -0.589. The van der Waals surface area contributed by atoms with Crippen LogP contribution in [0.5, 0.6) is 0 Å². The average molecular weight is 197 g/mol. The highest BCUT2D eigenvalue weighted by atomic mass is 16.3. The maximum atomic E-state index is 11.8. The van der Waals surface area contributed by atoms with Gasteiger partial charge in [0.15, 0.2) is 0 Å². The molecule has 2 fully saturated rings. The maximum Gasteiger partial charge on any atom is 0.226 e. The van der Waals surface area contributed by atoms with Gasteiger partial charge < -0.3 is 10.0 Å². The topological polar surface area (TPSA) is 40.5 Å². The quantitative estimate of drug-likeness (QED) is 0.718. The Morgan fingerprint density at radius 2 is 2.00 bits per heavy atom. The van der Waals surface area contributed by atoms with Gasteiger partial charge in [0.25, 0.3) is 0 Å². The Morgan fingerprint density at radius 3 is 2.36 bits per heavy atom. The predicted molar refractivity (Wildman–Crippen MR) is 53.7 cm³/mol. The van der Waals surface area contributed by atoms with Crippen LogP contribution in [0.1, 0.15) is 33.6 Å². The van der Waals surface area contributed by atoms with Crippen LogP contribution in [0.3, 0.4) is 0 Å². The third kappa shape index (κ3) is 1.44. The first-order chi connectivity index (χ1) is 6.38. The number of amides is 1. The van der Waals surface area contributed by atoms with Gasteiger partial charge >= 0.3 is 0 Å². The molecular weight excluding hydrogens is 178 g/mol. The molecule has 1 atom stereocenters. The molecule has 1 unspecified atom stereocenters. The normalized spacial score (nSPS) is 32.3. The van der Waals surface area contributed by atoms with Crippen LogP contribution in [0.2, 0.25) is 0 Å². The van der Waals surface area contributed by atoms with Crippen molar-refractivity contribution in [3.05, 3.63) is 0 Å². The highest BCUT2D eigenvalue weighted by Gasteiger charge is 2.55. The Balaban J connectivity index is 1.86. The molecule has 0 aromatic heterocycles. The molecule has 0 aromatic rings.